The number of aromatic nitrogens is 4. The normalized spacial score (nSPS) is 27.5. The smallest absolute Gasteiger partial charge is 0.394 e. The minimum absolute atomic E-state index is 0.0331. The summed E-state index contributed by atoms with van der Waals surface area (Å²) in [5, 5.41) is 0.325. The predicted octanol–water partition coefficient (Wildman–Crippen LogP) is 3.60. The van der Waals surface area contributed by atoms with Crippen LogP contribution in [0.5, 0.6) is 5.88 Å². The SMILES string of the molecule is COc1cc([C@H]2CN(c3cc4nc(C)n(C)c(=O)c4c(C45CC(C(F)(F)F)(C4)C5)n3)CCO2)ccn1. The van der Waals surface area contributed by atoms with Crippen LogP contribution in [0.2, 0.25) is 0 Å². The second-order valence-corrected chi connectivity index (χ2v) is 10.3. The number of morpholine rings is 1. The zero-order chi connectivity index (χ0) is 25.5. The van der Waals surface area contributed by atoms with Gasteiger partial charge < -0.3 is 14.4 Å². The largest absolute Gasteiger partial charge is 0.481 e. The molecule has 0 radical (unpaired) electrons. The van der Waals surface area contributed by atoms with Crippen molar-refractivity contribution in [2.24, 2.45) is 12.5 Å². The summed E-state index contributed by atoms with van der Waals surface area (Å²) >= 11 is 0. The van der Waals surface area contributed by atoms with Crippen molar-refractivity contribution in [1.29, 1.82) is 0 Å². The molecular weight excluding hydrogens is 475 g/mol. The molecule has 11 heteroatoms. The number of alkyl halides is 3. The Hall–Kier alpha value is -3.21. The van der Waals surface area contributed by atoms with E-state index in [-0.39, 0.29) is 30.9 Å². The molecular formula is C25H26F3N5O3. The van der Waals surface area contributed by atoms with E-state index in [9.17, 15) is 18.0 Å². The fraction of sp³-hybridized carbons (Fsp3) is 0.520. The summed E-state index contributed by atoms with van der Waals surface area (Å²) in [6.07, 6.45) is -2.95. The summed E-state index contributed by atoms with van der Waals surface area (Å²) < 4.78 is 53.5. The molecule has 3 aromatic rings. The zero-order valence-corrected chi connectivity index (χ0v) is 20.2. The Bertz CT molecular complexity index is 1420. The number of fused-ring (bicyclic) bond motifs is 1. The summed E-state index contributed by atoms with van der Waals surface area (Å²) in [6.45, 7) is 3.21. The number of aryl methyl sites for hydroxylation is 1. The Balaban J connectivity index is 1.41. The molecule has 2 bridgehead atoms. The minimum atomic E-state index is -4.25. The monoisotopic (exact) mass is 501 g/mol. The van der Waals surface area contributed by atoms with Gasteiger partial charge >= 0.3 is 6.18 Å². The summed E-state index contributed by atoms with van der Waals surface area (Å²) in [7, 11) is 3.17. The molecule has 8 nitrogen and oxygen atoms in total. The minimum Gasteiger partial charge on any atom is -0.481 e. The van der Waals surface area contributed by atoms with Crippen LogP contribution in [-0.4, -0.2) is 52.5 Å². The number of halogens is 3. The van der Waals surface area contributed by atoms with Gasteiger partial charge in [-0.15, -0.1) is 0 Å². The van der Waals surface area contributed by atoms with Gasteiger partial charge in [-0.2, -0.15) is 13.2 Å². The average molecular weight is 502 g/mol. The molecule has 0 aromatic carbocycles. The summed E-state index contributed by atoms with van der Waals surface area (Å²) in [5.41, 5.74) is -0.845. The van der Waals surface area contributed by atoms with Crippen molar-refractivity contribution in [2.45, 2.75) is 43.9 Å². The molecule has 190 valence electrons. The summed E-state index contributed by atoms with van der Waals surface area (Å²) in [6, 6.07) is 5.46. The van der Waals surface area contributed by atoms with E-state index >= 15 is 0 Å². The first-order chi connectivity index (χ1) is 17.1. The van der Waals surface area contributed by atoms with Crippen molar-refractivity contribution < 1.29 is 22.6 Å². The maximum atomic E-state index is 13.6. The molecule has 4 aliphatic rings. The number of pyridine rings is 2. The predicted molar refractivity (Wildman–Crippen MR) is 125 cm³/mol. The van der Waals surface area contributed by atoms with Gasteiger partial charge in [-0.3, -0.25) is 9.36 Å². The van der Waals surface area contributed by atoms with E-state index in [1.54, 1.807) is 33.3 Å². The standard InChI is InChI=1S/C25H26F3N5O3/c1-14-30-16-9-18(33-6-7-36-17(10-33)15-4-5-29-19(8-15)35-3)31-21(20(16)22(34)32(14)2)23-11-24(12-23,13-23)25(26,27)28/h4-5,8-9,17H,6-7,10-13H2,1-3H3/t17-,23?,24?/m1/s1. The van der Waals surface area contributed by atoms with Crippen LogP contribution in [0.3, 0.4) is 0 Å². The van der Waals surface area contributed by atoms with Crippen LogP contribution in [0.4, 0.5) is 19.0 Å². The fourth-order valence-electron chi connectivity index (χ4n) is 6.06. The number of nitrogens with zero attached hydrogens (tertiary/aromatic N) is 5. The molecule has 36 heavy (non-hydrogen) atoms. The third kappa shape index (κ3) is 3.24. The van der Waals surface area contributed by atoms with Gasteiger partial charge in [-0.25, -0.2) is 15.0 Å². The van der Waals surface area contributed by atoms with Gasteiger partial charge in [0.1, 0.15) is 17.7 Å². The zero-order valence-electron chi connectivity index (χ0n) is 20.2. The lowest BCUT2D eigenvalue weighted by molar-refractivity contribution is -0.337. The molecule has 4 fully saturated rings. The number of ether oxygens (including phenoxy) is 2. The van der Waals surface area contributed by atoms with Crippen molar-refractivity contribution in [3.05, 3.63) is 51.8 Å². The lowest BCUT2D eigenvalue weighted by atomic mass is 9.33. The Morgan fingerprint density at radius 3 is 2.64 bits per heavy atom. The second kappa shape index (κ2) is 7.64. The molecule has 1 atom stereocenters. The van der Waals surface area contributed by atoms with Gasteiger partial charge in [-0.05, 0) is 37.8 Å². The molecule has 1 aliphatic heterocycles. The van der Waals surface area contributed by atoms with Crippen LogP contribution in [0, 0.1) is 12.3 Å². The van der Waals surface area contributed by atoms with Crippen LogP contribution in [0.1, 0.15) is 42.4 Å². The van der Waals surface area contributed by atoms with Gasteiger partial charge in [0.05, 0.1) is 35.7 Å². The Morgan fingerprint density at radius 1 is 1.19 bits per heavy atom. The van der Waals surface area contributed by atoms with Crippen molar-refractivity contribution in [3.63, 3.8) is 0 Å². The molecule has 0 amide bonds. The van der Waals surface area contributed by atoms with E-state index in [0.29, 0.717) is 53.8 Å². The molecule has 0 spiro atoms. The Labute approximate surface area is 205 Å². The van der Waals surface area contributed by atoms with E-state index in [1.165, 1.54) is 4.57 Å². The highest BCUT2D eigenvalue weighted by Crippen LogP contribution is 2.78. The fourth-order valence-corrected chi connectivity index (χ4v) is 6.06. The topological polar surface area (TPSA) is 82.4 Å². The number of hydrogen-bond donors (Lipinski definition) is 0. The van der Waals surface area contributed by atoms with Gasteiger partial charge in [-0.1, -0.05) is 0 Å². The molecule has 3 aliphatic carbocycles. The van der Waals surface area contributed by atoms with Crippen LogP contribution in [0.25, 0.3) is 10.9 Å². The maximum absolute atomic E-state index is 13.6. The molecule has 0 N–H and O–H groups in total. The van der Waals surface area contributed by atoms with E-state index < -0.39 is 17.0 Å². The van der Waals surface area contributed by atoms with Crippen LogP contribution in [0.15, 0.2) is 29.2 Å². The lowest BCUT2D eigenvalue weighted by Gasteiger charge is -2.70. The quantitative estimate of drug-likeness (QED) is 0.540. The van der Waals surface area contributed by atoms with Gasteiger partial charge in [0, 0.05) is 43.9 Å². The number of anilines is 1. The number of hydrogen-bond acceptors (Lipinski definition) is 7. The third-order valence-electron chi connectivity index (χ3n) is 8.14. The molecule has 1 saturated heterocycles. The van der Waals surface area contributed by atoms with Crippen molar-refractivity contribution in [3.8, 4) is 5.88 Å². The van der Waals surface area contributed by atoms with E-state index in [0.717, 1.165) is 5.56 Å². The van der Waals surface area contributed by atoms with Gasteiger partial charge in [0.15, 0.2) is 0 Å². The van der Waals surface area contributed by atoms with E-state index in [4.69, 9.17) is 14.5 Å². The first-order valence-electron chi connectivity index (χ1n) is 11.9. The van der Waals surface area contributed by atoms with Crippen LogP contribution in [-0.2, 0) is 17.2 Å². The summed E-state index contributed by atoms with van der Waals surface area (Å²) in [4.78, 5) is 28.9. The van der Waals surface area contributed by atoms with Crippen molar-refractivity contribution >= 4 is 16.7 Å². The lowest BCUT2D eigenvalue weighted by Crippen LogP contribution is -2.70. The molecule has 7 rings (SSSR count). The van der Waals surface area contributed by atoms with E-state index in [2.05, 4.69) is 9.97 Å². The van der Waals surface area contributed by atoms with Gasteiger partial charge in [0.25, 0.3) is 5.56 Å². The van der Waals surface area contributed by atoms with Crippen LogP contribution >= 0.6 is 0 Å². The average Bonchev–Trinajstić information content (AvgIpc) is 2.79. The maximum Gasteiger partial charge on any atom is 0.394 e. The Kier molecular flexibility index (Phi) is 4.93. The molecule has 0 unspecified atom stereocenters. The molecule has 4 heterocycles. The van der Waals surface area contributed by atoms with Crippen LogP contribution < -0.4 is 15.2 Å². The number of rotatable bonds is 4. The highest BCUT2D eigenvalue weighted by atomic mass is 19.4. The van der Waals surface area contributed by atoms with Crippen molar-refractivity contribution in [1.82, 2.24) is 19.5 Å². The molecule has 3 aromatic heterocycles. The number of methoxy groups -OCH3 is 1. The molecule has 3 saturated carbocycles. The van der Waals surface area contributed by atoms with Gasteiger partial charge in [0.2, 0.25) is 5.88 Å². The highest BCUT2D eigenvalue weighted by molar-refractivity contribution is 5.84. The third-order valence-corrected chi connectivity index (χ3v) is 8.14. The summed E-state index contributed by atoms with van der Waals surface area (Å²) in [5.74, 6) is 1.61. The second-order valence-electron chi connectivity index (χ2n) is 10.3. The highest BCUT2D eigenvalue weighted by Gasteiger charge is 2.79. The Morgan fingerprint density at radius 2 is 1.94 bits per heavy atom. The first-order valence-corrected chi connectivity index (χ1v) is 11.9. The van der Waals surface area contributed by atoms with Crippen molar-refractivity contribution in [2.75, 3.05) is 31.7 Å². The first kappa shape index (κ1) is 23.2. The van der Waals surface area contributed by atoms with E-state index in [1.807, 2.05) is 17.0 Å².